The van der Waals surface area contributed by atoms with Crippen LogP contribution in [0, 0.1) is 12.7 Å². The number of nitrogens with one attached hydrogen (secondary N) is 1. The van der Waals surface area contributed by atoms with Crippen LogP contribution in [0.3, 0.4) is 0 Å². The molecule has 104 valence electrons. The molecular formula is C16H17FN2O. The summed E-state index contributed by atoms with van der Waals surface area (Å²) in [6, 6.07) is 12.2. The lowest BCUT2D eigenvalue weighted by Gasteiger charge is -2.07. The van der Waals surface area contributed by atoms with Gasteiger partial charge in [0.25, 0.3) is 0 Å². The fourth-order valence-corrected chi connectivity index (χ4v) is 1.86. The van der Waals surface area contributed by atoms with Gasteiger partial charge in [-0.1, -0.05) is 29.8 Å². The molecule has 0 bridgehead atoms. The van der Waals surface area contributed by atoms with Gasteiger partial charge in [-0.2, -0.15) is 0 Å². The molecule has 0 fully saturated rings. The summed E-state index contributed by atoms with van der Waals surface area (Å²) >= 11 is 0. The number of nitrogen functional groups attached to an aromatic ring is 1. The molecule has 0 saturated carbocycles. The van der Waals surface area contributed by atoms with Crippen molar-refractivity contribution in [2.24, 2.45) is 0 Å². The second kappa shape index (κ2) is 6.19. The zero-order valence-corrected chi connectivity index (χ0v) is 11.3. The lowest BCUT2D eigenvalue weighted by atomic mass is 10.1. The largest absolute Gasteiger partial charge is 0.399 e. The molecule has 2 aromatic carbocycles. The number of anilines is 2. The number of halogens is 1. The van der Waals surface area contributed by atoms with Gasteiger partial charge >= 0.3 is 0 Å². The van der Waals surface area contributed by atoms with Crippen molar-refractivity contribution in [2.75, 3.05) is 11.1 Å². The molecule has 3 N–H and O–H groups in total. The van der Waals surface area contributed by atoms with Crippen LogP contribution in [-0.2, 0) is 11.2 Å². The summed E-state index contributed by atoms with van der Waals surface area (Å²) < 4.78 is 13.5. The van der Waals surface area contributed by atoms with Crippen LogP contribution in [-0.4, -0.2) is 5.91 Å². The van der Waals surface area contributed by atoms with Gasteiger partial charge in [0.2, 0.25) is 5.91 Å². The topological polar surface area (TPSA) is 55.1 Å². The monoisotopic (exact) mass is 272 g/mol. The highest BCUT2D eigenvalue weighted by molar-refractivity contribution is 5.91. The van der Waals surface area contributed by atoms with E-state index in [1.807, 2.05) is 31.2 Å². The van der Waals surface area contributed by atoms with Crippen molar-refractivity contribution in [2.45, 2.75) is 19.8 Å². The number of benzene rings is 2. The fraction of sp³-hybridized carbons (Fsp3) is 0.188. The average Bonchev–Trinajstić information content (AvgIpc) is 2.41. The SMILES string of the molecule is Cc1ccc(CCC(=O)Nc2ccc(N)cc2F)cc1. The standard InChI is InChI=1S/C16H17FN2O/c1-11-2-4-12(5-3-11)6-9-16(20)19-15-8-7-13(18)10-14(15)17/h2-5,7-8,10H,6,9,18H2,1H3,(H,19,20). The van der Waals surface area contributed by atoms with Crippen LogP contribution in [0.15, 0.2) is 42.5 Å². The molecule has 0 radical (unpaired) electrons. The first kappa shape index (κ1) is 14.1. The number of carbonyl (C=O) groups is 1. The molecule has 0 saturated heterocycles. The second-order valence-corrected chi connectivity index (χ2v) is 4.77. The van der Waals surface area contributed by atoms with Crippen LogP contribution < -0.4 is 11.1 Å². The predicted octanol–water partition coefficient (Wildman–Crippen LogP) is 3.29. The van der Waals surface area contributed by atoms with Gasteiger partial charge in [-0.25, -0.2) is 4.39 Å². The molecule has 0 atom stereocenters. The maximum absolute atomic E-state index is 13.5. The van der Waals surface area contributed by atoms with E-state index in [4.69, 9.17) is 5.73 Å². The lowest BCUT2D eigenvalue weighted by molar-refractivity contribution is -0.116. The van der Waals surface area contributed by atoms with Crippen molar-refractivity contribution in [3.05, 3.63) is 59.4 Å². The molecule has 0 heterocycles. The average molecular weight is 272 g/mol. The molecule has 0 aliphatic rings. The van der Waals surface area contributed by atoms with E-state index in [1.165, 1.54) is 17.7 Å². The summed E-state index contributed by atoms with van der Waals surface area (Å²) in [5, 5.41) is 2.55. The maximum atomic E-state index is 13.5. The number of hydrogen-bond donors (Lipinski definition) is 2. The number of nitrogens with two attached hydrogens (primary N) is 1. The van der Waals surface area contributed by atoms with Crippen molar-refractivity contribution >= 4 is 17.3 Å². The Morgan fingerprint density at radius 2 is 1.90 bits per heavy atom. The van der Waals surface area contributed by atoms with Gasteiger partial charge in [0.1, 0.15) is 5.82 Å². The van der Waals surface area contributed by atoms with E-state index in [1.54, 1.807) is 6.07 Å². The molecular weight excluding hydrogens is 255 g/mol. The summed E-state index contributed by atoms with van der Waals surface area (Å²) in [7, 11) is 0. The molecule has 20 heavy (non-hydrogen) atoms. The van der Waals surface area contributed by atoms with Crippen molar-refractivity contribution in [1.29, 1.82) is 0 Å². The Morgan fingerprint density at radius 3 is 2.55 bits per heavy atom. The Balaban J connectivity index is 1.90. The van der Waals surface area contributed by atoms with Gasteiger partial charge in [0.05, 0.1) is 5.69 Å². The van der Waals surface area contributed by atoms with Crippen molar-refractivity contribution < 1.29 is 9.18 Å². The normalized spacial score (nSPS) is 10.3. The number of amides is 1. The molecule has 0 unspecified atom stereocenters. The van der Waals surface area contributed by atoms with Gasteiger partial charge in [0, 0.05) is 12.1 Å². The lowest BCUT2D eigenvalue weighted by Crippen LogP contribution is -2.13. The molecule has 0 aliphatic heterocycles. The minimum Gasteiger partial charge on any atom is -0.399 e. The van der Waals surface area contributed by atoms with E-state index in [-0.39, 0.29) is 11.6 Å². The first-order valence-electron chi connectivity index (χ1n) is 6.45. The number of hydrogen-bond acceptors (Lipinski definition) is 2. The predicted molar refractivity (Wildman–Crippen MR) is 78.9 cm³/mol. The first-order valence-corrected chi connectivity index (χ1v) is 6.45. The Bertz CT molecular complexity index is 608. The fourth-order valence-electron chi connectivity index (χ4n) is 1.86. The number of carbonyl (C=O) groups excluding carboxylic acids is 1. The smallest absolute Gasteiger partial charge is 0.224 e. The molecule has 0 aromatic heterocycles. The summed E-state index contributed by atoms with van der Waals surface area (Å²) in [6.45, 7) is 2.01. The Labute approximate surface area is 117 Å². The zero-order valence-electron chi connectivity index (χ0n) is 11.3. The highest BCUT2D eigenvalue weighted by Crippen LogP contribution is 2.17. The highest BCUT2D eigenvalue weighted by Gasteiger charge is 2.07. The Kier molecular flexibility index (Phi) is 4.35. The minimum absolute atomic E-state index is 0.160. The Hall–Kier alpha value is -2.36. The summed E-state index contributed by atoms with van der Waals surface area (Å²) in [6.07, 6.45) is 0.940. The van der Waals surface area contributed by atoms with Crippen molar-refractivity contribution in [1.82, 2.24) is 0 Å². The molecule has 3 nitrogen and oxygen atoms in total. The highest BCUT2D eigenvalue weighted by atomic mass is 19.1. The Morgan fingerprint density at radius 1 is 1.20 bits per heavy atom. The van der Waals surface area contributed by atoms with E-state index < -0.39 is 5.82 Å². The third-order valence-corrected chi connectivity index (χ3v) is 3.03. The second-order valence-electron chi connectivity index (χ2n) is 4.77. The van der Waals surface area contributed by atoms with Crippen LogP contribution in [0.1, 0.15) is 17.5 Å². The van der Waals surface area contributed by atoms with Gasteiger partial charge < -0.3 is 11.1 Å². The van der Waals surface area contributed by atoms with Gasteiger partial charge in [-0.15, -0.1) is 0 Å². The molecule has 0 spiro atoms. The van der Waals surface area contributed by atoms with E-state index in [0.29, 0.717) is 18.5 Å². The molecule has 4 heteroatoms. The van der Waals surface area contributed by atoms with E-state index in [9.17, 15) is 9.18 Å². The molecule has 2 aromatic rings. The van der Waals surface area contributed by atoms with Crippen LogP contribution in [0.5, 0.6) is 0 Å². The summed E-state index contributed by atoms with van der Waals surface area (Å²) in [4.78, 5) is 11.8. The van der Waals surface area contributed by atoms with Crippen LogP contribution in [0.25, 0.3) is 0 Å². The first-order chi connectivity index (χ1) is 9.54. The molecule has 2 rings (SSSR count). The van der Waals surface area contributed by atoms with E-state index in [2.05, 4.69) is 5.32 Å². The van der Waals surface area contributed by atoms with E-state index >= 15 is 0 Å². The van der Waals surface area contributed by atoms with Crippen molar-refractivity contribution in [3.8, 4) is 0 Å². The van der Waals surface area contributed by atoms with Crippen molar-refractivity contribution in [3.63, 3.8) is 0 Å². The zero-order chi connectivity index (χ0) is 14.5. The van der Waals surface area contributed by atoms with Crippen LogP contribution in [0.2, 0.25) is 0 Å². The summed E-state index contributed by atoms with van der Waals surface area (Å²) in [5.41, 5.74) is 8.22. The maximum Gasteiger partial charge on any atom is 0.224 e. The van der Waals surface area contributed by atoms with E-state index in [0.717, 1.165) is 5.56 Å². The third-order valence-electron chi connectivity index (χ3n) is 3.03. The van der Waals surface area contributed by atoms with Gasteiger partial charge in [-0.3, -0.25) is 4.79 Å². The molecule has 0 aliphatic carbocycles. The quantitative estimate of drug-likeness (QED) is 0.839. The number of rotatable bonds is 4. The number of aryl methyl sites for hydroxylation is 2. The molecule has 1 amide bonds. The van der Waals surface area contributed by atoms with Gasteiger partial charge in [0.15, 0.2) is 0 Å². The summed E-state index contributed by atoms with van der Waals surface area (Å²) in [5.74, 6) is -0.733. The minimum atomic E-state index is -0.520. The van der Waals surface area contributed by atoms with Crippen LogP contribution >= 0.6 is 0 Å². The van der Waals surface area contributed by atoms with Crippen LogP contribution in [0.4, 0.5) is 15.8 Å². The van der Waals surface area contributed by atoms with Gasteiger partial charge in [-0.05, 0) is 37.1 Å². The third kappa shape index (κ3) is 3.82.